The molecule has 2 saturated heterocycles. The van der Waals surface area contributed by atoms with E-state index in [0.29, 0.717) is 0 Å². The summed E-state index contributed by atoms with van der Waals surface area (Å²) in [4.78, 5) is 39.4. The summed E-state index contributed by atoms with van der Waals surface area (Å²) in [6.07, 6.45) is 0. The van der Waals surface area contributed by atoms with Crippen molar-refractivity contribution in [1.29, 1.82) is 0 Å². The van der Waals surface area contributed by atoms with Crippen molar-refractivity contribution in [3.05, 3.63) is 35.4 Å². The van der Waals surface area contributed by atoms with Crippen LogP contribution in [0.1, 0.15) is 44.9 Å². The molecule has 6 heteroatoms. The van der Waals surface area contributed by atoms with Crippen molar-refractivity contribution in [1.82, 2.24) is 10.2 Å². The number of carboxylic acids is 1. The third-order valence-corrected chi connectivity index (χ3v) is 5.43. The van der Waals surface area contributed by atoms with Crippen molar-refractivity contribution < 1.29 is 19.5 Å². The van der Waals surface area contributed by atoms with Gasteiger partial charge in [-0.25, -0.2) is 0 Å². The lowest BCUT2D eigenvalue weighted by atomic mass is 9.80. The summed E-state index contributed by atoms with van der Waals surface area (Å²) >= 11 is 0. The van der Waals surface area contributed by atoms with Crippen molar-refractivity contribution in [2.75, 3.05) is 0 Å². The van der Waals surface area contributed by atoms with Crippen LogP contribution in [-0.4, -0.2) is 38.9 Å². The van der Waals surface area contributed by atoms with E-state index in [1.165, 1.54) is 11.8 Å². The van der Waals surface area contributed by atoms with E-state index >= 15 is 0 Å². The number of aryl methyl sites for hydroxylation is 1. The van der Waals surface area contributed by atoms with Gasteiger partial charge in [-0.05, 0) is 45.7 Å². The zero-order valence-corrected chi connectivity index (χ0v) is 15.2. The third kappa shape index (κ3) is 2.39. The Morgan fingerprint density at radius 2 is 1.80 bits per heavy atom. The molecular formula is C19H24N2O4. The van der Waals surface area contributed by atoms with E-state index < -0.39 is 40.8 Å². The Bertz CT molecular complexity index is 767. The molecule has 1 aromatic rings. The highest BCUT2D eigenvalue weighted by Crippen LogP contribution is 2.50. The highest BCUT2D eigenvalue weighted by atomic mass is 16.4. The van der Waals surface area contributed by atoms with Crippen LogP contribution < -0.4 is 5.32 Å². The Morgan fingerprint density at radius 3 is 2.32 bits per heavy atom. The molecule has 3 rings (SSSR count). The number of hydrogen-bond acceptors (Lipinski definition) is 4. The quantitative estimate of drug-likeness (QED) is 0.800. The van der Waals surface area contributed by atoms with E-state index in [2.05, 4.69) is 5.32 Å². The smallest absolute Gasteiger partial charge is 0.324 e. The van der Waals surface area contributed by atoms with Crippen molar-refractivity contribution in [3.8, 4) is 0 Å². The van der Waals surface area contributed by atoms with E-state index in [-0.39, 0.29) is 5.91 Å². The molecule has 2 aliphatic heterocycles. The highest BCUT2D eigenvalue weighted by Gasteiger charge is 2.67. The van der Waals surface area contributed by atoms with Crippen LogP contribution in [0.5, 0.6) is 0 Å². The van der Waals surface area contributed by atoms with E-state index in [0.717, 1.165) is 11.1 Å². The van der Waals surface area contributed by atoms with Crippen LogP contribution in [0, 0.1) is 18.8 Å². The number of imide groups is 1. The van der Waals surface area contributed by atoms with Gasteiger partial charge < -0.3 is 5.11 Å². The molecule has 0 aliphatic carbocycles. The lowest BCUT2D eigenvalue weighted by Crippen LogP contribution is -2.55. The zero-order chi connectivity index (χ0) is 18.7. The van der Waals surface area contributed by atoms with Gasteiger partial charge in [-0.1, -0.05) is 24.3 Å². The number of carbonyl (C=O) groups excluding carboxylic acids is 2. The molecule has 134 valence electrons. The van der Waals surface area contributed by atoms with Crippen molar-refractivity contribution in [3.63, 3.8) is 0 Å². The van der Waals surface area contributed by atoms with Gasteiger partial charge in [0.1, 0.15) is 5.54 Å². The molecule has 4 unspecified atom stereocenters. The van der Waals surface area contributed by atoms with Gasteiger partial charge in [0.15, 0.2) is 0 Å². The molecule has 2 amide bonds. The maximum absolute atomic E-state index is 13.1. The second-order valence-corrected chi connectivity index (χ2v) is 8.17. The lowest BCUT2D eigenvalue weighted by Gasteiger charge is -2.34. The molecule has 2 heterocycles. The second kappa shape index (κ2) is 5.39. The van der Waals surface area contributed by atoms with Crippen molar-refractivity contribution >= 4 is 17.8 Å². The first kappa shape index (κ1) is 17.6. The number of amides is 2. The van der Waals surface area contributed by atoms with Gasteiger partial charge in [0, 0.05) is 11.6 Å². The molecule has 0 aromatic heterocycles. The Hall–Kier alpha value is -2.21. The average molecular weight is 344 g/mol. The molecule has 25 heavy (non-hydrogen) atoms. The van der Waals surface area contributed by atoms with Gasteiger partial charge in [-0.15, -0.1) is 0 Å². The van der Waals surface area contributed by atoms with Crippen LogP contribution in [0.3, 0.4) is 0 Å². The standard InChI is InChI=1S/C19H24N2O4/c1-10-8-6-7-9-11(10)14-12-13(19(5,20-14)17(24)25)16(23)21(15(12)22)18(2,3)4/h6-9,12-14,20H,1-5H3,(H,24,25). The fourth-order valence-electron chi connectivity index (χ4n) is 4.20. The molecule has 2 aliphatic rings. The van der Waals surface area contributed by atoms with Crippen molar-refractivity contribution in [2.24, 2.45) is 11.8 Å². The van der Waals surface area contributed by atoms with Gasteiger partial charge in [-0.3, -0.25) is 24.6 Å². The van der Waals surface area contributed by atoms with E-state index in [1.54, 1.807) is 20.8 Å². The summed E-state index contributed by atoms with van der Waals surface area (Å²) in [5.41, 5.74) is -0.347. The average Bonchev–Trinajstić information content (AvgIpc) is 2.94. The van der Waals surface area contributed by atoms with Crippen LogP contribution in [0.4, 0.5) is 0 Å². The van der Waals surface area contributed by atoms with E-state index in [9.17, 15) is 19.5 Å². The van der Waals surface area contributed by atoms with Gasteiger partial charge in [0.05, 0.1) is 11.8 Å². The minimum absolute atomic E-state index is 0.298. The van der Waals surface area contributed by atoms with E-state index in [4.69, 9.17) is 0 Å². The Kier molecular flexibility index (Phi) is 3.80. The third-order valence-electron chi connectivity index (χ3n) is 5.43. The molecule has 0 saturated carbocycles. The fraction of sp³-hybridized carbons (Fsp3) is 0.526. The van der Waals surface area contributed by atoms with Crippen molar-refractivity contribution in [2.45, 2.75) is 51.7 Å². The Morgan fingerprint density at radius 1 is 1.20 bits per heavy atom. The number of benzene rings is 1. The highest BCUT2D eigenvalue weighted by molar-refractivity contribution is 6.10. The van der Waals surface area contributed by atoms with Gasteiger partial charge in [0.25, 0.3) is 0 Å². The number of aliphatic carboxylic acids is 1. The minimum atomic E-state index is -1.48. The molecule has 0 radical (unpaired) electrons. The predicted molar refractivity (Wildman–Crippen MR) is 91.7 cm³/mol. The molecule has 4 atom stereocenters. The number of hydrogen-bond donors (Lipinski definition) is 2. The van der Waals surface area contributed by atoms with Gasteiger partial charge in [0.2, 0.25) is 11.8 Å². The number of nitrogens with zero attached hydrogens (tertiary/aromatic N) is 1. The van der Waals surface area contributed by atoms with Crippen LogP contribution in [-0.2, 0) is 14.4 Å². The molecule has 0 bridgehead atoms. The summed E-state index contributed by atoms with van der Waals surface area (Å²) in [7, 11) is 0. The minimum Gasteiger partial charge on any atom is -0.480 e. The number of nitrogens with one attached hydrogen (secondary N) is 1. The maximum atomic E-state index is 13.1. The first-order chi connectivity index (χ1) is 11.5. The number of fused-ring (bicyclic) bond motifs is 1. The van der Waals surface area contributed by atoms with Crippen LogP contribution in [0.25, 0.3) is 0 Å². The number of carboxylic acid groups (broad SMARTS) is 1. The van der Waals surface area contributed by atoms with Gasteiger partial charge in [-0.2, -0.15) is 0 Å². The predicted octanol–water partition coefficient (Wildman–Crippen LogP) is 1.88. The second-order valence-electron chi connectivity index (χ2n) is 8.17. The molecule has 6 nitrogen and oxygen atoms in total. The van der Waals surface area contributed by atoms with Crippen LogP contribution >= 0.6 is 0 Å². The summed E-state index contributed by atoms with van der Waals surface area (Å²) in [6, 6.07) is 7.06. The summed E-state index contributed by atoms with van der Waals surface area (Å²) < 4.78 is 0. The normalized spacial score (nSPS) is 32.2. The molecule has 2 N–H and O–H groups in total. The largest absolute Gasteiger partial charge is 0.480 e. The number of likely N-dealkylation sites (tertiary alicyclic amines) is 1. The topological polar surface area (TPSA) is 86.7 Å². The first-order valence-corrected chi connectivity index (χ1v) is 8.44. The molecular weight excluding hydrogens is 320 g/mol. The fourth-order valence-corrected chi connectivity index (χ4v) is 4.20. The van der Waals surface area contributed by atoms with E-state index in [1.807, 2.05) is 31.2 Å². The van der Waals surface area contributed by atoms with Gasteiger partial charge >= 0.3 is 5.97 Å². The summed E-state index contributed by atoms with van der Waals surface area (Å²) in [5, 5.41) is 12.9. The van der Waals surface area contributed by atoms with Crippen LogP contribution in [0.2, 0.25) is 0 Å². The summed E-state index contributed by atoms with van der Waals surface area (Å²) in [6.45, 7) is 8.79. The SMILES string of the molecule is Cc1ccccc1C1NC(C)(C(=O)O)C2C(=O)N(C(C)(C)C)C(=O)C12. The van der Waals surface area contributed by atoms with Crippen LogP contribution in [0.15, 0.2) is 24.3 Å². The zero-order valence-electron chi connectivity index (χ0n) is 15.2. The monoisotopic (exact) mass is 344 g/mol. The molecule has 0 spiro atoms. The Balaban J connectivity index is 2.16. The number of rotatable bonds is 2. The molecule has 1 aromatic carbocycles. The first-order valence-electron chi connectivity index (χ1n) is 8.44. The Labute approximate surface area is 147 Å². The maximum Gasteiger partial charge on any atom is 0.324 e. The lowest BCUT2D eigenvalue weighted by molar-refractivity contribution is -0.152. The number of carbonyl (C=O) groups is 3. The molecule has 2 fully saturated rings. The summed E-state index contributed by atoms with van der Waals surface area (Å²) in [5.74, 6) is -3.45.